The van der Waals surface area contributed by atoms with E-state index in [9.17, 15) is 9.90 Å². The number of phenolic OH excluding ortho intramolecular Hbond substituents is 1. The van der Waals surface area contributed by atoms with E-state index in [2.05, 4.69) is 13.8 Å². The molecule has 6 heteroatoms. The lowest BCUT2D eigenvalue weighted by Gasteiger charge is -2.17. The highest BCUT2D eigenvalue weighted by Crippen LogP contribution is 2.34. The van der Waals surface area contributed by atoms with Gasteiger partial charge in [0.2, 0.25) is 5.78 Å². The van der Waals surface area contributed by atoms with Crippen molar-refractivity contribution < 1.29 is 28.7 Å². The molecule has 1 heterocycles. The highest BCUT2D eigenvalue weighted by molar-refractivity contribution is 6.18. The Hall–Kier alpha value is -2.99. The van der Waals surface area contributed by atoms with Gasteiger partial charge in [-0.25, -0.2) is 0 Å². The number of furan rings is 1. The number of aromatic hydroxyl groups is 1. The molecule has 0 unspecified atom stereocenters. The molecule has 3 aromatic rings. The summed E-state index contributed by atoms with van der Waals surface area (Å²) >= 11 is 0. The number of ether oxygens (including phenoxy) is 2. The first kappa shape index (κ1) is 19.8. The van der Waals surface area contributed by atoms with Crippen molar-refractivity contribution in [2.75, 3.05) is 27.3 Å². The smallest absolute Gasteiger partial charge is 0.200 e. The van der Waals surface area contributed by atoms with Crippen molar-refractivity contribution in [3.63, 3.8) is 0 Å². The fourth-order valence-electron chi connectivity index (χ4n) is 3.42. The van der Waals surface area contributed by atoms with Crippen LogP contribution >= 0.6 is 0 Å². The van der Waals surface area contributed by atoms with E-state index < -0.39 is 0 Å². The normalized spacial score (nSPS) is 11.2. The Balaban J connectivity index is 2.16. The van der Waals surface area contributed by atoms with Crippen LogP contribution in [0.4, 0.5) is 0 Å². The maximum absolute atomic E-state index is 13.4. The molecule has 3 rings (SSSR count). The predicted molar refractivity (Wildman–Crippen MR) is 107 cm³/mol. The number of hydrogen-bond donors (Lipinski definition) is 2. The molecule has 0 aliphatic carbocycles. The Bertz CT molecular complexity index is 988. The molecule has 0 atom stereocenters. The number of benzene rings is 2. The largest absolute Gasteiger partial charge is 0.507 e. The number of ketones is 1. The summed E-state index contributed by atoms with van der Waals surface area (Å²) < 4.78 is 16.3. The predicted octanol–water partition coefficient (Wildman–Crippen LogP) is 2.81. The molecule has 6 nitrogen and oxygen atoms in total. The summed E-state index contributed by atoms with van der Waals surface area (Å²) in [6.45, 7) is 6.62. The van der Waals surface area contributed by atoms with Crippen molar-refractivity contribution in [3.05, 3.63) is 53.3 Å². The molecule has 0 aliphatic heterocycles. The van der Waals surface area contributed by atoms with Crippen LogP contribution in [0, 0.1) is 0 Å². The van der Waals surface area contributed by atoms with Crippen molar-refractivity contribution in [2.45, 2.75) is 20.4 Å². The molecule has 0 spiro atoms. The van der Waals surface area contributed by atoms with Gasteiger partial charge in [0.15, 0.2) is 0 Å². The van der Waals surface area contributed by atoms with Crippen LogP contribution < -0.4 is 14.4 Å². The third kappa shape index (κ3) is 3.55. The minimum atomic E-state index is -0.240. The molecule has 2 aromatic carbocycles. The topological polar surface area (TPSA) is 73.3 Å². The summed E-state index contributed by atoms with van der Waals surface area (Å²) in [4.78, 5) is 14.7. The lowest BCUT2D eigenvalue weighted by Crippen LogP contribution is -3.10. The number of carbonyl (C=O) groups is 1. The van der Waals surface area contributed by atoms with Gasteiger partial charge in [-0.05, 0) is 44.2 Å². The Kier molecular flexibility index (Phi) is 5.90. The molecular formula is C22H26NO5+. The lowest BCUT2D eigenvalue weighted by molar-refractivity contribution is -0.910. The quantitative estimate of drug-likeness (QED) is 0.584. The van der Waals surface area contributed by atoms with E-state index in [1.54, 1.807) is 37.4 Å². The minimum absolute atomic E-state index is 0.167. The number of carbonyl (C=O) groups excluding carboxylic acids is 1. The number of quaternary nitrogens is 1. The van der Waals surface area contributed by atoms with Crippen molar-refractivity contribution in [1.82, 2.24) is 0 Å². The number of nitrogens with one attached hydrogen (secondary N) is 1. The summed E-state index contributed by atoms with van der Waals surface area (Å²) in [5.74, 6) is 0.944. The molecule has 0 fully saturated rings. The fraction of sp³-hybridized carbons (Fsp3) is 0.318. The first-order valence-electron chi connectivity index (χ1n) is 9.36. The SMILES string of the molecule is CC[NH+](CC)Cc1c(O)ccc2occ(C(=O)c3cc(OC)ccc3OC)c12. The Morgan fingerprint density at radius 2 is 1.82 bits per heavy atom. The van der Waals surface area contributed by atoms with Gasteiger partial charge in [0.1, 0.15) is 35.6 Å². The van der Waals surface area contributed by atoms with Gasteiger partial charge in [0.25, 0.3) is 0 Å². The Labute approximate surface area is 164 Å². The van der Waals surface area contributed by atoms with Gasteiger partial charge < -0.3 is 23.9 Å². The summed E-state index contributed by atoms with van der Waals surface area (Å²) in [6.07, 6.45) is 1.45. The number of fused-ring (bicyclic) bond motifs is 1. The first-order valence-corrected chi connectivity index (χ1v) is 9.36. The molecule has 0 amide bonds. The zero-order valence-corrected chi connectivity index (χ0v) is 16.7. The second-order valence-corrected chi connectivity index (χ2v) is 6.61. The van der Waals surface area contributed by atoms with E-state index in [0.717, 1.165) is 18.7 Å². The lowest BCUT2D eigenvalue weighted by atomic mass is 9.97. The number of phenols is 1. The molecule has 0 radical (unpaired) electrons. The standard InChI is InChI=1S/C22H25NO5/c1-5-23(6-2)12-16-18(24)8-10-20-21(16)17(13-28-20)22(25)15-11-14(26-3)7-9-19(15)27-4/h7-11,13,24H,5-6,12H2,1-4H3/p+1. The molecule has 1 aromatic heterocycles. The van der Waals surface area contributed by atoms with E-state index in [0.29, 0.717) is 40.1 Å². The maximum atomic E-state index is 13.4. The molecule has 148 valence electrons. The molecule has 0 bridgehead atoms. The monoisotopic (exact) mass is 384 g/mol. The second kappa shape index (κ2) is 8.35. The highest BCUT2D eigenvalue weighted by Gasteiger charge is 2.24. The summed E-state index contributed by atoms with van der Waals surface area (Å²) in [5, 5.41) is 11.2. The zero-order chi connectivity index (χ0) is 20.3. The molecule has 0 saturated carbocycles. The van der Waals surface area contributed by atoms with Gasteiger partial charge in [-0.3, -0.25) is 4.79 Å². The van der Waals surface area contributed by atoms with E-state index >= 15 is 0 Å². The van der Waals surface area contributed by atoms with Gasteiger partial charge in [-0.15, -0.1) is 0 Å². The summed E-state index contributed by atoms with van der Waals surface area (Å²) in [5.41, 5.74) is 2.08. The van der Waals surface area contributed by atoms with Crippen LogP contribution in [-0.4, -0.2) is 38.2 Å². The van der Waals surface area contributed by atoms with Gasteiger partial charge >= 0.3 is 0 Å². The Morgan fingerprint density at radius 3 is 2.46 bits per heavy atom. The van der Waals surface area contributed by atoms with Gasteiger partial charge in [0, 0.05) is 5.39 Å². The van der Waals surface area contributed by atoms with Crippen LogP contribution in [0.1, 0.15) is 35.3 Å². The molecule has 2 N–H and O–H groups in total. The zero-order valence-electron chi connectivity index (χ0n) is 16.7. The molecule has 0 saturated heterocycles. The first-order chi connectivity index (χ1) is 13.5. The minimum Gasteiger partial charge on any atom is -0.507 e. The molecule has 28 heavy (non-hydrogen) atoms. The van der Waals surface area contributed by atoms with Crippen molar-refractivity contribution in [3.8, 4) is 17.2 Å². The fourth-order valence-corrected chi connectivity index (χ4v) is 3.42. The average molecular weight is 384 g/mol. The average Bonchev–Trinajstić information content (AvgIpc) is 3.16. The van der Waals surface area contributed by atoms with Crippen LogP contribution in [0.15, 0.2) is 41.0 Å². The van der Waals surface area contributed by atoms with Crippen LogP contribution in [0.25, 0.3) is 11.0 Å². The maximum Gasteiger partial charge on any atom is 0.200 e. The number of rotatable bonds is 8. The van der Waals surface area contributed by atoms with E-state index in [-0.39, 0.29) is 11.5 Å². The van der Waals surface area contributed by atoms with E-state index in [4.69, 9.17) is 13.9 Å². The molecule has 0 aliphatic rings. The van der Waals surface area contributed by atoms with Crippen molar-refractivity contribution in [1.29, 1.82) is 0 Å². The third-order valence-electron chi connectivity index (χ3n) is 5.15. The van der Waals surface area contributed by atoms with E-state index in [1.807, 2.05) is 0 Å². The number of hydrogen-bond acceptors (Lipinski definition) is 5. The summed E-state index contributed by atoms with van der Waals surface area (Å²) in [6, 6.07) is 8.39. The van der Waals surface area contributed by atoms with E-state index in [1.165, 1.54) is 18.3 Å². The molecular weight excluding hydrogens is 358 g/mol. The second-order valence-electron chi connectivity index (χ2n) is 6.61. The van der Waals surface area contributed by atoms with Gasteiger partial charge in [-0.2, -0.15) is 0 Å². The Morgan fingerprint density at radius 1 is 1.07 bits per heavy atom. The van der Waals surface area contributed by atoms with Crippen LogP contribution in [0.3, 0.4) is 0 Å². The van der Waals surface area contributed by atoms with Crippen LogP contribution in [0.2, 0.25) is 0 Å². The summed E-state index contributed by atoms with van der Waals surface area (Å²) in [7, 11) is 3.07. The highest BCUT2D eigenvalue weighted by atomic mass is 16.5. The van der Waals surface area contributed by atoms with Crippen LogP contribution in [0.5, 0.6) is 17.2 Å². The van der Waals surface area contributed by atoms with Gasteiger partial charge in [-0.1, -0.05) is 0 Å². The number of methoxy groups -OCH3 is 2. The van der Waals surface area contributed by atoms with Crippen LogP contribution in [-0.2, 0) is 6.54 Å². The van der Waals surface area contributed by atoms with Crippen molar-refractivity contribution >= 4 is 16.8 Å². The van der Waals surface area contributed by atoms with Crippen molar-refractivity contribution in [2.24, 2.45) is 0 Å². The third-order valence-corrected chi connectivity index (χ3v) is 5.15. The van der Waals surface area contributed by atoms with Gasteiger partial charge in [0.05, 0.1) is 44.0 Å².